The molecule has 2 saturated carbocycles. The first-order chi connectivity index (χ1) is 30.5. The zero-order valence-corrected chi connectivity index (χ0v) is 38.1. The highest BCUT2D eigenvalue weighted by Gasteiger charge is 2.33. The van der Waals surface area contributed by atoms with Crippen molar-refractivity contribution in [2.45, 2.75) is 102 Å². The number of carbonyl (C=O) groups excluding carboxylic acids is 3. The number of benzene rings is 4. The molecule has 2 aliphatic heterocycles. The number of carboxylic acids is 1. The summed E-state index contributed by atoms with van der Waals surface area (Å²) in [5.74, 6) is 0.0513. The number of esters is 2. The Hall–Kier alpha value is -6.01. The van der Waals surface area contributed by atoms with E-state index in [9.17, 15) is 19.2 Å². The van der Waals surface area contributed by atoms with Crippen LogP contribution in [0.4, 0.5) is 0 Å². The Bertz CT molecular complexity index is 2360. The second-order valence-electron chi connectivity index (χ2n) is 16.8. The third kappa shape index (κ3) is 12.2. The van der Waals surface area contributed by atoms with Gasteiger partial charge in [-0.05, 0) is 171 Å². The van der Waals surface area contributed by atoms with E-state index in [0.29, 0.717) is 65.4 Å². The van der Waals surface area contributed by atoms with E-state index in [-0.39, 0.29) is 29.8 Å². The van der Waals surface area contributed by atoms with Gasteiger partial charge in [-0.25, -0.2) is 14.4 Å². The first-order valence-corrected chi connectivity index (χ1v) is 22.3. The van der Waals surface area contributed by atoms with Gasteiger partial charge in [-0.1, -0.05) is 50.2 Å². The third-order valence-corrected chi connectivity index (χ3v) is 12.8. The number of aromatic carboxylic acids is 1. The van der Waals surface area contributed by atoms with E-state index < -0.39 is 11.9 Å². The maximum Gasteiger partial charge on any atom is 0.338 e. The van der Waals surface area contributed by atoms with Crippen molar-refractivity contribution in [3.8, 4) is 12.1 Å². The van der Waals surface area contributed by atoms with Crippen LogP contribution in [0.2, 0.25) is 0 Å². The summed E-state index contributed by atoms with van der Waals surface area (Å²) in [5.41, 5.74) is 9.53. The highest BCUT2D eigenvalue weighted by atomic mass is 35.5. The number of carboxylic acid groups (broad SMARTS) is 1. The molecule has 2 N–H and O–H groups in total. The number of halogens is 1. The summed E-state index contributed by atoms with van der Waals surface area (Å²) in [6.45, 7) is 7.57. The van der Waals surface area contributed by atoms with Crippen molar-refractivity contribution < 1.29 is 33.8 Å². The lowest BCUT2D eigenvalue weighted by Crippen LogP contribution is -2.38. The monoisotopic (exact) mass is 886 g/mol. The molecule has 2 heterocycles. The number of carbonyl (C=O) groups is 4. The van der Waals surface area contributed by atoms with Crippen LogP contribution in [-0.2, 0) is 22.3 Å². The molecule has 0 spiro atoms. The number of hydrogen-bond acceptors (Lipinski definition) is 9. The van der Waals surface area contributed by atoms with Crippen LogP contribution < -0.4 is 5.32 Å². The number of rotatable bonds is 10. The summed E-state index contributed by atoms with van der Waals surface area (Å²) in [4.78, 5) is 50.6. The summed E-state index contributed by atoms with van der Waals surface area (Å²) in [7, 11) is 2.70. The quantitative estimate of drug-likeness (QED) is 0.146. The lowest BCUT2D eigenvalue weighted by molar-refractivity contribution is 0.0589. The topological polar surface area (TPSA) is 170 Å². The lowest BCUT2D eigenvalue weighted by atomic mass is 9.88. The molecular weight excluding hydrogens is 828 g/mol. The van der Waals surface area contributed by atoms with E-state index in [1.807, 2.05) is 54.3 Å². The molecule has 0 aromatic heterocycles. The summed E-state index contributed by atoms with van der Waals surface area (Å²) in [5, 5.41) is 30.2. The van der Waals surface area contributed by atoms with Gasteiger partial charge >= 0.3 is 17.9 Å². The van der Waals surface area contributed by atoms with Gasteiger partial charge < -0.3 is 24.8 Å². The Kier molecular flexibility index (Phi) is 17.7. The molecule has 2 saturated heterocycles. The number of nitriles is 2. The Labute approximate surface area is 383 Å². The van der Waals surface area contributed by atoms with Crippen LogP contribution in [0.15, 0.2) is 72.8 Å². The molecule has 4 aromatic rings. The average molecular weight is 888 g/mol. The van der Waals surface area contributed by atoms with Crippen molar-refractivity contribution in [2.75, 3.05) is 40.4 Å². The number of ether oxygens (including phenoxy) is 2. The minimum Gasteiger partial charge on any atom is -0.478 e. The van der Waals surface area contributed by atoms with E-state index in [1.165, 1.54) is 44.3 Å². The largest absolute Gasteiger partial charge is 0.478 e. The maximum absolute atomic E-state index is 13.4. The fraction of sp³-hybridized carbons (Fsp3) is 0.423. The molecule has 0 unspecified atom stereocenters. The molecule has 12 heteroatoms. The zero-order chi connectivity index (χ0) is 45.0. The molecule has 0 radical (unpaired) electrons. The number of nitrogens with zero attached hydrogens (tertiary/aromatic N) is 3. The van der Waals surface area contributed by atoms with Crippen LogP contribution in [-0.4, -0.2) is 74.2 Å². The molecule has 0 bridgehead atoms. The van der Waals surface area contributed by atoms with E-state index in [0.717, 1.165) is 85.9 Å². The standard InChI is InChI=1S/C26H28N2O3.C14H16O4.C12H14N2.ClH/c1-3-18-14-22(21-8-9-21)24(26(30)31-2)15-23(18)25(29)28-12-10-20(11-13-28)19-6-4-17(16-27)5-7-19;1-3-8-6-10(9-4-5-9)12(14(17)18-2)7-11(8)13(15)16;13-9-10-1-3-11(4-2-10)12-5-7-14-8-6-12;/h4-7,14-15,20-21H,3,8-13H2,1-2H3;6-7,9H,3-5H2,1-2H3,(H,15,16);1-4,12,14H,5-8H2;1H. The Morgan fingerprint density at radius 3 is 1.39 bits per heavy atom. The number of likely N-dealkylation sites (tertiary alicyclic amines) is 1. The van der Waals surface area contributed by atoms with Gasteiger partial charge in [0.25, 0.3) is 5.91 Å². The fourth-order valence-corrected chi connectivity index (χ4v) is 8.75. The predicted octanol–water partition coefficient (Wildman–Crippen LogP) is 9.86. The summed E-state index contributed by atoms with van der Waals surface area (Å²) in [6.07, 6.45) is 9.89. The van der Waals surface area contributed by atoms with Crippen LogP contribution in [0, 0.1) is 22.7 Å². The van der Waals surface area contributed by atoms with Gasteiger partial charge in [-0.3, -0.25) is 4.79 Å². The second kappa shape index (κ2) is 23.1. The van der Waals surface area contributed by atoms with Gasteiger partial charge in [0.05, 0.1) is 54.2 Å². The van der Waals surface area contributed by atoms with Crippen molar-refractivity contribution in [3.05, 3.63) is 140 Å². The number of amides is 1. The molecule has 2 aliphatic carbocycles. The van der Waals surface area contributed by atoms with Gasteiger partial charge in [0.15, 0.2) is 0 Å². The number of methoxy groups -OCH3 is 2. The highest BCUT2D eigenvalue weighted by Crippen LogP contribution is 2.44. The molecule has 1 amide bonds. The van der Waals surface area contributed by atoms with E-state index >= 15 is 0 Å². The molecule has 64 heavy (non-hydrogen) atoms. The molecular formula is C52H59ClN4O7. The van der Waals surface area contributed by atoms with Crippen molar-refractivity contribution in [1.82, 2.24) is 10.2 Å². The normalized spacial score (nSPS) is 15.9. The summed E-state index contributed by atoms with van der Waals surface area (Å²) < 4.78 is 9.74. The molecule has 8 rings (SSSR count). The number of nitrogens with one attached hydrogen (secondary N) is 1. The number of piperidine rings is 2. The maximum atomic E-state index is 13.4. The van der Waals surface area contributed by atoms with Gasteiger partial charge in [0.2, 0.25) is 0 Å². The van der Waals surface area contributed by atoms with E-state index in [4.69, 9.17) is 25.1 Å². The molecule has 336 valence electrons. The SMILES string of the molecule is CCc1cc(C2CC2)c(C(=O)OC)cc1C(=O)N1CCC(c2ccc(C#N)cc2)CC1.CCc1cc(C2CC2)c(C(=O)OC)cc1C(=O)O.Cl.N#Cc1ccc(C2CCNCC2)cc1. The van der Waals surface area contributed by atoms with Crippen LogP contribution in [0.25, 0.3) is 0 Å². The molecule has 0 atom stereocenters. The van der Waals surface area contributed by atoms with Gasteiger partial charge in [0.1, 0.15) is 0 Å². The van der Waals surface area contributed by atoms with Gasteiger partial charge in [0, 0.05) is 18.7 Å². The number of hydrogen-bond donors (Lipinski definition) is 2. The summed E-state index contributed by atoms with van der Waals surface area (Å²) in [6, 6.07) is 27.2. The van der Waals surface area contributed by atoms with Crippen molar-refractivity contribution in [2.24, 2.45) is 0 Å². The smallest absolute Gasteiger partial charge is 0.338 e. The van der Waals surface area contributed by atoms with Crippen LogP contribution in [0.5, 0.6) is 0 Å². The highest BCUT2D eigenvalue weighted by molar-refractivity contribution is 6.00. The minimum atomic E-state index is -1.00. The lowest BCUT2D eigenvalue weighted by Gasteiger charge is -2.33. The first kappa shape index (κ1) is 49.0. The van der Waals surface area contributed by atoms with E-state index in [2.05, 4.69) is 42.6 Å². The Morgan fingerprint density at radius 1 is 0.609 bits per heavy atom. The third-order valence-electron chi connectivity index (χ3n) is 12.8. The minimum absolute atomic E-state index is 0. The van der Waals surface area contributed by atoms with Crippen LogP contribution >= 0.6 is 12.4 Å². The van der Waals surface area contributed by atoms with Crippen molar-refractivity contribution in [3.63, 3.8) is 0 Å². The predicted molar refractivity (Wildman–Crippen MR) is 248 cm³/mol. The van der Waals surface area contributed by atoms with Crippen LogP contribution in [0.3, 0.4) is 0 Å². The van der Waals surface area contributed by atoms with Gasteiger partial charge in [-0.15, -0.1) is 12.4 Å². The van der Waals surface area contributed by atoms with Crippen LogP contribution in [0.1, 0.15) is 175 Å². The second-order valence-corrected chi connectivity index (χ2v) is 16.8. The van der Waals surface area contributed by atoms with Crippen molar-refractivity contribution >= 4 is 36.2 Å². The molecule has 11 nitrogen and oxygen atoms in total. The molecule has 4 aromatic carbocycles. The van der Waals surface area contributed by atoms with Gasteiger partial charge in [-0.2, -0.15) is 10.5 Å². The Morgan fingerprint density at radius 2 is 1.02 bits per heavy atom. The fourth-order valence-electron chi connectivity index (χ4n) is 8.75. The first-order valence-electron chi connectivity index (χ1n) is 22.3. The molecule has 4 fully saturated rings. The molecule has 4 aliphatic rings. The Balaban J connectivity index is 0.000000198. The average Bonchev–Trinajstić information content (AvgIpc) is 4.29. The zero-order valence-electron chi connectivity index (χ0n) is 37.3. The van der Waals surface area contributed by atoms with Crippen molar-refractivity contribution in [1.29, 1.82) is 10.5 Å². The number of aryl methyl sites for hydroxylation is 2. The van der Waals surface area contributed by atoms with E-state index in [1.54, 1.807) is 6.07 Å². The summed E-state index contributed by atoms with van der Waals surface area (Å²) >= 11 is 0.